The molecule has 0 heterocycles. The average Bonchev–Trinajstić information content (AvgIpc) is 2.69. The van der Waals surface area contributed by atoms with Crippen LogP contribution in [0.4, 0.5) is 0 Å². The molecule has 1 heteroatoms. The molecule has 0 aliphatic rings. The third kappa shape index (κ3) is 5.36. The van der Waals surface area contributed by atoms with Crippen molar-refractivity contribution in [1.29, 1.82) is 0 Å². The normalized spacial score (nSPS) is 11.4. The first kappa shape index (κ1) is 18.5. The Bertz CT molecular complexity index is 649. The fourth-order valence-electron chi connectivity index (χ4n) is 4.50. The van der Waals surface area contributed by atoms with Crippen LogP contribution in [-0.2, 0) is 19.0 Å². The second kappa shape index (κ2) is 9.43. The molecule has 0 nitrogen and oxygen atoms in total. The fourth-order valence-corrected chi connectivity index (χ4v) is 4.50. The van der Waals surface area contributed by atoms with Gasteiger partial charge in [-0.2, -0.15) is 25.3 Å². The second-order valence-electron chi connectivity index (χ2n) is 7.94. The summed E-state index contributed by atoms with van der Waals surface area (Å²) in [5.41, 5.74) is 4.45. The number of rotatable bonds is 9. The standard InChI is InChI=1S/C25H30B/c1-2-3-19-26(20-23-13-7-4-8-14-23,21-24-15-9-5-10-16-24)22-25-17-11-6-12-18-25/h4-18H,2-3,19-22H2,1H3/q-1. The van der Waals surface area contributed by atoms with Gasteiger partial charge in [0.2, 0.25) is 0 Å². The van der Waals surface area contributed by atoms with Gasteiger partial charge in [0.05, 0.1) is 0 Å². The van der Waals surface area contributed by atoms with Gasteiger partial charge in [0, 0.05) is 6.15 Å². The van der Waals surface area contributed by atoms with E-state index in [1.54, 1.807) is 0 Å². The molecule has 26 heavy (non-hydrogen) atoms. The van der Waals surface area contributed by atoms with Crippen LogP contribution in [0.2, 0.25) is 6.32 Å². The predicted octanol–water partition coefficient (Wildman–Crippen LogP) is 6.58. The molecule has 0 radical (unpaired) electrons. The Hall–Kier alpha value is -2.28. The summed E-state index contributed by atoms with van der Waals surface area (Å²) in [6.45, 7) is 2.31. The Morgan fingerprint density at radius 2 is 0.885 bits per heavy atom. The Kier molecular flexibility index (Phi) is 6.71. The number of hydrogen-bond donors (Lipinski definition) is 0. The van der Waals surface area contributed by atoms with Crippen LogP contribution in [-0.4, -0.2) is 6.15 Å². The Balaban J connectivity index is 1.94. The van der Waals surface area contributed by atoms with Gasteiger partial charge in [-0.3, -0.25) is 0 Å². The third-order valence-electron chi connectivity index (χ3n) is 5.70. The van der Waals surface area contributed by atoms with Gasteiger partial charge in [-0.15, -0.1) is 0 Å². The van der Waals surface area contributed by atoms with E-state index in [1.807, 2.05) is 0 Å². The van der Waals surface area contributed by atoms with Crippen molar-refractivity contribution in [3.05, 3.63) is 108 Å². The SMILES string of the molecule is CCCC[B-](Cc1ccccc1)(Cc1ccccc1)Cc1ccccc1. The number of unbranched alkanes of at least 4 members (excludes halogenated alkanes) is 1. The molecule has 0 aliphatic heterocycles. The number of benzene rings is 3. The van der Waals surface area contributed by atoms with Crippen LogP contribution >= 0.6 is 0 Å². The summed E-state index contributed by atoms with van der Waals surface area (Å²) in [6, 6.07) is 33.3. The van der Waals surface area contributed by atoms with Crippen molar-refractivity contribution in [2.24, 2.45) is 0 Å². The third-order valence-corrected chi connectivity index (χ3v) is 5.70. The predicted molar refractivity (Wildman–Crippen MR) is 116 cm³/mol. The van der Waals surface area contributed by atoms with Crippen LogP contribution in [0.3, 0.4) is 0 Å². The largest absolute Gasteiger partial charge is 0.177 e. The molecule has 0 N–H and O–H groups in total. The molecule has 3 aromatic rings. The van der Waals surface area contributed by atoms with E-state index in [2.05, 4.69) is 97.9 Å². The van der Waals surface area contributed by atoms with Crippen molar-refractivity contribution < 1.29 is 0 Å². The maximum Gasteiger partial charge on any atom is 0.0144 e. The summed E-state index contributed by atoms with van der Waals surface area (Å²) in [6.07, 6.45) is 6.96. The van der Waals surface area contributed by atoms with Crippen LogP contribution in [0.5, 0.6) is 0 Å². The molecule has 0 saturated heterocycles. The molecule has 0 unspecified atom stereocenters. The minimum absolute atomic E-state index is 0.547. The van der Waals surface area contributed by atoms with E-state index in [9.17, 15) is 0 Å². The molecule has 0 aliphatic carbocycles. The number of hydrogen-bond acceptors (Lipinski definition) is 0. The zero-order valence-corrected chi connectivity index (χ0v) is 16.0. The van der Waals surface area contributed by atoms with Gasteiger partial charge >= 0.3 is 0 Å². The Morgan fingerprint density at radius 1 is 0.538 bits per heavy atom. The van der Waals surface area contributed by atoms with E-state index in [-0.39, 0.29) is 0 Å². The lowest BCUT2D eigenvalue weighted by molar-refractivity contribution is 0.847. The van der Waals surface area contributed by atoms with Crippen molar-refractivity contribution in [3.63, 3.8) is 0 Å². The van der Waals surface area contributed by atoms with Crippen LogP contribution in [0.25, 0.3) is 0 Å². The second-order valence-corrected chi connectivity index (χ2v) is 7.94. The maximum absolute atomic E-state index is 2.31. The van der Waals surface area contributed by atoms with E-state index in [0.717, 1.165) is 0 Å². The molecule has 134 valence electrons. The molecule has 0 saturated carbocycles. The topological polar surface area (TPSA) is 0 Å². The smallest absolute Gasteiger partial charge is 0.0144 e. The summed E-state index contributed by atoms with van der Waals surface area (Å²) in [5.74, 6) is 0. The summed E-state index contributed by atoms with van der Waals surface area (Å²) in [5, 5.41) is 0. The highest BCUT2D eigenvalue weighted by atomic mass is 14.1. The zero-order valence-electron chi connectivity index (χ0n) is 16.0. The average molecular weight is 341 g/mol. The summed E-state index contributed by atoms with van der Waals surface area (Å²) in [4.78, 5) is 0. The van der Waals surface area contributed by atoms with Crippen molar-refractivity contribution in [1.82, 2.24) is 0 Å². The van der Waals surface area contributed by atoms with Crippen LogP contribution in [0, 0.1) is 0 Å². The van der Waals surface area contributed by atoms with Crippen molar-refractivity contribution in [3.8, 4) is 0 Å². The lowest BCUT2D eigenvalue weighted by atomic mass is 9.16. The highest BCUT2D eigenvalue weighted by molar-refractivity contribution is 6.78. The van der Waals surface area contributed by atoms with Crippen LogP contribution in [0.15, 0.2) is 91.0 Å². The first-order chi connectivity index (χ1) is 12.8. The summed E-state index contributed by atoms with van der Waals surface area (Å²) < 4.78 is 0. The quantitative estimate of drug-likeness (QED) is 0.386. The molecule has 3 aromatic carbocycles. The highest BCUT2D eigenvalue weighted by Crippen LogP contribution is 2.28. The first-order valence-corrected chi connectivity index (χ1v) is 10.1. The van der Waals surface area contributed by atoms with Gasteiger partial charge in [0.1, 0.15) is 0 Å². The van der Waals surface area contributed by atoms with E-state index >= 15 is 0 Å². The summed E-state index contributed by atoms with van der Waals surface area (Å²) in [7, 11) is 0. The van der Waals surface area contributed by atoms with Crippen molar-refractivity contribution >= 4 is 6.15 Å². The van der Waals surface area contributed by atoms with Crippen molar-refractivity contribution in [2.75, 3.05) is 0 Å². The molecule has 0 amide bonds. The monoisotopic (exact) mass is 341 g/mol. The van der Waals surface area contributed by atoms with E-state index in [1.165, 1.54) is 54.8 Å². The van der Waals surface area contributed by atoms with Crippen molar-refractivity contribution in [2.45, 2.75) is 45.0 Å². The highest BCUT2D eigenvalue weighted by Gasteiger charge is 2.25. The molecule has 0 aromatic heterocycles. The molecule has 0 fully saturated rings. The Labute approximate surface area is 159 Å². The van der Waals surface area contributed by atoms with Gasteiger partial charge in [-0.1, -0.05) is 127 Å². The van der Waals surface area contributed by atoms with Gasteiger partial charge in [0.25, 0.3) is 0 Å². The molecule has 0 spiro atoms. The summed E-state index contributed by atoms with van der Waals surface area (Å²) >= 11 is 0. The minimum Gasteiger partial charge on any atom is -0.177 e. The van der Waals surface area contributed by atoms with E-state index in [0.29, 0.717) is 0 Å². The lowest BCUT2D eigenvalue weighted by Gasteiger charge is -2.40. The van der Waals surface area contributed by atoms with E-state index in [4.69, 9.17) is 0 Å². The maximum atomic E-state index is 2.31. The lowest BCUT2D eigenvalue weighted by Crippen LogP contribution is -2.43. The molecule has 3 rings (SSSR count). The molecule has 0 bridgehead atoms. The van der Waals surface area contributed by atoms with E-state index < -0.39 is 6.15 Å². The molecular formula is C25H30B-. The fraction of sp³-hybridized carbons (Fsp3) is 0.280. The van der Waals surface area contributed by atoms with Crippen LogP contribution in [0.1, 0.15) is 36.5 Å². The molecule has 0 atom stereocenters. The molecular weight excluding hydrogens is 311 g/mol. The van der Waals surface area contributed by atoms with Crippen LogP contribution < -0.4 is 0 Å². The minimum atomic E-state index is -0.547. The first-order valence-electron chi connectivity index (χ1n) is 10.1. The zero-order chi connectivity index (χ0) is 18.1. The van der Waals surface area contributed by atoms with Gasteiger partial charge in [-0.05, 0) is 0 Å². The van der Waals surface area contributed by atoms with Gasteiger partial charge in [0.15, 0.2) is 0 Å². The Morgan fingerprint density at radius 3 is 1.19 bits per heavy atom. The van der Waals surface area contributed by atoms with Gasteiger partial charge in [-0.25, -0.2) is 0 Å². The van der Waals surface area contributed by atoms with Gasteiger partial charge < -0.3 is 0 Å².